The Morgan fingerprint density at radius 2 is 2.00 bits per heavy atom. The van der Waals surface area contributed by atoms with Gasteiger partial charge in [0.05, 0.1) is 41.2 Å². The molecule has 2 fully saturated rings. The zero-order chi connectivity index (χ0) is 22.6. The molecule has 8 nitrogen and oxygen atoms in total. The molecule has 32 heavy (non-hydrogen) atoms. The molecule has 2 aliphatic heterocycles. The molecular formula is C21H23Cl2FN6O2. The van der Waals surface area contributed by atoms with Gasteiger partial charge in [0.1, 0.15) is 17.0 Å². The van der Waals surface area contributed by atoms with Crippen LogP contribution in [0.1, 0.15) is 25.5 Å². The van der Waals surface area contributed by atoms with E-state index in [2.05, 4.69) is 15.0 Å². The van der Waals surface area contributed by atoms with Crippen LogP contribution in [-0.4, -0.2) is 56.7 Å². The number of nitrogens with two attached hydrogens (primary N) is 1. The summed E-state index contributed by atoms with van der Waals surface area (Å²) in [7, 11) is 0. The molecule has 2 aromatic heterocycles. The molecule has 11 heteroatoms. The molecule has 2 aliphatic rings. The van der Waals surface area contributed by atoms with Gasteiger partial charge in [-0.1, -0.05) is 23.2 Å². The number of hydrogen-bond donors (Lipinski definition) is 2. The Labute approximate surface area is 194 Å². The van der Waals surface area contributed by atoms with Crippen LogP contribution in [0.15, 0.2) is 18.3 Å². The van der Waals surface area contributed by atoms with Crippen molar-refractivity contribution in [3.05, 3.63) is 39.9 Å². The van der Waals surface area contributed by atoms with Crippen molar-refractivity contribution in [3.63, 3.8) is 0 Å². The molecule has 0 amide bonds. The zero-order valence-electron chi connectivity index (χ0n) is 17.4. The Balaban J connectivity index is 1.48. The first-order chi connectivity index (χ1) is 15.3. The lowest BCUT2D eigenvalue weighted by Gasteiger charge is -2.41. The highest BCUT2D eigenvalue weighted by Gasteiger charge is 2.47. The molecule has 2 atom stereocenters. The highest BCUT2D eigenvalue weighted by atomic mass is 35.5. The third kappa shape index (κ3) is 3.34. The van der Waals surface area contributed by atoms with E-state index in [4.69, 9.17) is 38.7 Å². The lowest BCUT2D eigenvalue weighted by molar-refractivity contribution is 0.0973. The number of fused-ring (bicyclic) bond motifs is 1. The van der Waals surface area contributed by atoms with E-state index in [1.807, 2.05) is 6.92 Å². The summed E-state index contributed by atoms with van der Waals surface area (Å²) in [5, 5.41) is 14.2. The standard InChI is InChI=1S/C21H23Cl2FN6O2/c1-11-18(25)21(10-32-11)4-6-29(7-5-21)19-14(9-31)28-20-13(27-19)8-26-30(20)15-3-2-12(24)16(22)17(15)23/h2-3,8,11,18,31H,4-7,9-10,25H2,1H3/t11-,18+/m0/s1. The smallest absolute Gasteiger partial charge is 0.182 e. The third-order valence-electron chi connectivity index (χ3n) is 6.75. The molecule has 3 aromatic rings. The molecule has 1 aromatic carbocycles. The normalized spacial score (nSPS) is 22.9. The van der Waals surface area contributed by atoms with E-state index in [-0.39, 0.29) is 34.2 Å². The van der Waals surface area contributed by atoms with Crippen LogP contribution in [-0.2, 0) is 11.3 Å². The van der Waals surface area contributed by atoms with Crippen LogP contribution in [0.4, 0.5) is 10.2 Å². The van der Waals surface area contributed by atoms with Crippen molar-refractivity contribution in [3.8, 4) is 5.69 Å². The Kier molecular flexibility index (Phi) is 5.50. The molecule has 1 spiro atoms. The van der Waals surface area contributed by atoms with Crippen LogP contribution < -0.4 is 10.6 Å². The summed E-state index contributed by atoms with van der Waals surface area (Å²) in [6.07, 6.45) is 3.38. The highest BCUT2D eigenvalue weighted by Crippen LogP contribution is 2.42. The molecule has 170 valence electrons. The van der Waals surface area contributed by atoms with E-state index in [0.29, 0.717) is 35.0 Å². The number of benzene rings is 1. The number of aromatic nitrogens is 4. The van der Waals surface area contributed by atoms with Gasteiger partial charge in [0.2, 0.25) is 0 Å². The van der Waals surface area contributed by atoms with Gasteiger partial charge in [0.15, 0.2) is 11.5 Å². The third-order valence-corrected chi connectivity index (χ3v) is 7.60. The zero-order valence-corrected chi connectivity index (χ0v) is 18.9. The fourth-order valence-electron chi connectivity index (χ4n) is 4.72. The Morgan fingerprint density at radius 1 is 1.25 bits per heavy atom. The van der Waals surface area contributed by atoms with Crippen molar-refractivity contribution < 1.29 is 14.2 Å². The molecule has 0 unspecified atom stereocenters. The van der Waals surface area contributed by atoms with E-state index in [9.17, 15) is 9.50 Å². The van der Waals surface area contributed by atoms with Crippen molar-refractivity contribution in [2.45, 2.75) is 38.5 Å². The maximum absolute atomic E-state index is 13.7. The number of piperidine rings is 1. The fourth-order valence-corrected chi connectivity index (χ4v) is 5.12. The summed E-state index contributed by atoms with van der Waals surface area (Å²) >= 11 is 12.2. The van der Waals surface area contributed by atoms with Gasteiger partial charge < -0.3 is 20.5 Å². The van der Waals surface area contributed by atoms with Gasteiger partial charge >= 0.3 is 0 Å². The summed E-state index contributed by atoms with van der Waals surface area (Å²) in [5.74, 6) is 0.00381. The first-order valence-electron chi connectivity index (χ1n) is 10.5. The van der Waals surface area contributed by atoms with Crippen LogP contribution in [0.5, 0.6) is 0 Å². The number of rotatable bonds is 3. The molecular weight excluding hydrogens is 458 g/mol. The van der Waals surface area contributed by atoms with E-state index in [0.717, 1.165) is 25.9 Å². The van der Waals surface area contributed by atoms with Gasteiger partial charge in [-0.15, -0.1) is 0 Å². The maximum Gasteiger partial charge on any atom is 0.182 e. The van der Waals surface area contributed by atoms with Crippen molar-refractivity contribution >= 4 is 40.2 Å². The molecule has 0 saturated carbocycles. The van der Waals surface area contributed by atoms with Crippen LogP contribution in [0.25, 0.3) is 16.9 Å². The minimum absolute atomic E-state index is 0.0149. The van der Waals surface area contributed by atoms with Crippen molar-refractivity contribution in [1.82, 2.24) is 19.7 Å². The first kappa shape index (κ1) is 21.8. The molecule has 3 N–H and O–H groups in total. The largest absolute Gasteiger partial charge is 0.390 e. The van der Waals surface area contributed by atoms with Crippen LogP contribution in [0, 0.1) is 11.2 Å². The van der Waals surface area contributed by atoms with Gasteiger partial charge in [-0.2, -0.15) is 5.10 Å². The molecule has 4 heterocycles. The second-order valence-corrected chi connectivity index (χ2v) is 9.26. The summed E-state index contributed by atoms with van der Waals surface area (Å²) in [4.78, 5) is 11.5. The second kappa shape index (κ2) is 8.07. The lowest BCUT2D eigenvalue weighted by Crippen LogP contribution is -2.51. The van der Waals surface area contributed by atoms with Crippen molar-refractivity contribution in [2.24, 2.45) is 11.1 Å². The average Bonchev–Trinajstić information content (AvgIpc) is 3.33. The SMILES string of the molecule is C[C@@H]1OCC2(CCN(c3nc4cnn(-c5ccc(F)c(Cl)c5Cl)c4nc3CO)CC2)[C@@H]1N. The molecule has 0 radical (unpaired) electrons. The van der Waals surface area contributed by atoms with Crippen LogP contribution >= 0.6 is 23.2 Å². The monoisotopic (exact) mass is 480 g/mol. The average molecular weight is 481 g/mol. The molecule has 5 rings (SSSR count). The predicted molar refractivity (Wildman–Crippen MR) is 120 cm³/mol. The minimum Gasteiger partial charge on any atom is -0.390 e. The summed E-state index contributed by atoms with van der Waals surface area (Å²) < 4.78 is 21.0. The van der Waals surface area contributed by atoms with E-state index in [1.54, 1.807) is 6.20 Å². The maximum atomic E-state index is 13.7. The minimum atomic E-state index is -0.619. The Hall–Kier alpha value is -2.04. The Morgan fingerprint density at radius 3 is 2.66 bits per heavy atom. The quantitative estimate of drug-likeness (QED) is 0.555. The number of anilines is 1. The van der Waals surface area contributed by atoms with Crippen LogP contribution in [0.3, 0.4) is 0 Å². The highest BCUT2D eigenvalue weighted by molar-refractivity contribution is 6.43. The Bertz CT molecular complexity index is 1180. The van der Waals surface area contributed by atoms with E-state index >= 15 is 0 Å². The first-order valence-corrected chi connectivity index (χ1v) is 11.2. The van der Waals surface area contributed by atoms with Gasteiger partial charge in [-0.3, -0.25) is 0 Å². The number of ether oxygens (including phenoxy) is 1. The number of nitrogens with zero attached hydrogens (tertiary/aromatic N) is 5. The van der Waals surface area contributed by atoms with Gasteiger partial charge in [-0.05, 0) is 31.9 Å². The number of hydrogen-bond acceptors (Lipinski definition) is 7. The predicted octanol–water partition coefficient (Wildman–Crippen LogP) is 3.09. The summed E-state index contributed by atoms with van der Waals surface area (Å²) in [6, 6.07) is 2.71. The van der Waals surface area contributed by atoms with Gasteiger partial charge in [-0.25, -0.2) is 19.0 Å². The van der Waals surface area contributed by atoms with Gasteiger partial charge in [0.25, 0.3) is 0 Å². The summed E-state index contributed by atoms with van der Waals surface area (Å²) in [6.45, 7) is 3.89. The molecule has 0 aliphatic carbocycles. The molecule has 0 bridgehead atoms. The van der Waals surface area contributed by atoms with E-state index in [1.165, 1.54) is 16.8 Å². The number of halogens is 3. The van der Waals surface area contributed by atoms with Crippen molar-refractivity contribution in [1.29, 1.82) is 0 Å². The summed E-state index contributed by atoms with van der Waals surface area (Å²) in [5.41, 5.74) is 8.15. The topological polar surface area (TPSA) is 102 Å². The van der Waals surface area contributed by atoms with E-state index < -0.39 is 5.82 Å². The number of aliphatic hydroxyl groups is 1. The molecule has 2 saturated heterocycles. The number of aliphatic hydroxyl groups excluding tert-OH is 1. The lowest BCUT2D eigenvalue weighted by atomic mass is 9.73. The second-order valence-electron chi connectivity index (χ2n) is 8.50. The fraction of sp³-hybridized carbons (Fsp3) is 0.476. The van der Waals surface area contributed by atoms with Gasteiger partial charge in [0, 0.05) is 24.5 Å². The van der Waals surface area contributed by atoms with Crippen LogP contribution in [0.2, 0.25) is 10.0 Å². The van der Waals surface area contributed by atoms with Crippen molar-refractivity contribution in [2.75, 3.05) is 24.6 Å².